The van der Waals surface area contributed by atoms with Crippen LogP contribution in [0.3, 0.4) is 0 Å². The van der Waals surface area contributed by atoms with Crippen molar-refractivity contribution in [2.75, 3.05) is 6.54 Å². The number of nitrogens with zero attached hydrogens (tertiary/aromatic N) is 3. The highest BCUT2D eigenvalue weighted by Gasteiger charge is 2.08. The predicted octanol–water partition coefficient (Wildman–Crippen LogP) is -0.104. The Labute approximate surface area is 75.4 Å². The largest absolute Gasteiger partial charge is 0.349 e. The Hall–Kier alpha value is -1.72. The third kappa shape index (κ3) is 3.02. The van der Waals surface area contributed by atoms with Crippen molar-refractivity contribution in [2.24, 2.45) is 0 Å². The number of aromatic nitrogens is 4. The van der Waals surface area contributed by atoms with Crippen LogP contribution in [0.2, 0.25) is 0 Å². The van der Waals surface area contributed by atoms with Crippen molar-refractivity contribution in [3.63, 3.8) is 0 Å². The summed E-state index contributed by atoms with van der Waals surface area (Å²) < 4.78 is 0. The van der Waals surface area contributed by atoms with Crippen LogP contribution in [0.1, 0.15) is 24.0 Å². The normalized spacial score (nSPS) is 10.5. The molecule has 0 radical (unpaired) electrons. The second-order valence-corrected chi connectivity index (χ2v) is 2.35. The molecule has 0 fully saturated rings. The fourth-order valence-corrected chi connectivity index (χ4v) is 0.773. The molecule has 0 spiro atoms. The summed E-state index contributed by atoms with van der Waals surface area (Å²) in [5.41, 5.74) is 0. The van der Waals surface area contributed by atoms with Crippen LogP contribution in [0, 0.1) is 0 Å². The van der Waals surface area contributed by atoms with Crippen LogP contribution in [-0.2, 0) is 0 Å². The summed E-state index contributed by atoms with van der Waals surface area (Å²) in [6, 6.07) is 0. The van der Waals surface area contributed by atoms with Gasteiger partial charge in [0.05, 0.1) is 0 Å². The lowest BCUT2D eigenvalue weighted by Crippen LogP contribution is -2.25. The van der Waals surface area contributed by atoms with E-state index in [-0.39, 0.29) is 11.7 Å². The molecule has 1 heterocycles. The average Bonchev–Trinajstić information content (AvgIpc) is 2.65. The zero-order valence-electron chi connectivity index (χ0n) is 7.32. The minimum Gasteiger partial charge on any atom is -0.349 e. The van der Waals surface area contributed by atoms with E-state index in [4.69, 9.17) is 0 Å². The second kappa shape index (κ2) is 5.02. The molecule has 0 aliphatic carbocycles. The average molecular weight is 181 g/mol. The number of allylic oxidation sites excluding steroid dienone is 1. The van der Waals surface area contributed by atoms with Crippen LogP contribution in [0.15, 0.2) is 12.2 Å². The van der Waals surface area contributed by atoms with E-state index in [2.05, 4.69) is 25.9 Å². The quantitative estimate of drug-likeness (QED) is 0.501. The number of carbonyl (C=O) groups is 1. The SMILES string of the molecule is C/C=C/CCNC(=O)c1nn[nH]n1. The maximum Gasteiger partial charge on any atom is 0.292 e. The van der Waals surface area contributed by atoms with Crippen LogP contribution in [0.5, 0.6) is 0 Å². The Bertz CT molecular complexity index is 279. The number of tetrazole rings is 1. The zero-order valence-corrected chi connectivity index (χ0v) is 7.32. The van der Waals surface area contributed by atoms with Crippen LogP contribution >= 0.6 is 0 Å². The molecule has 0 atom stereocenters. The molecule has 0 aliphatic rings. The van der Waals surface area contributed by atoms with Crippen LogP contribution < -0.4 is 5.32 Å². The van der Waals surface area contributed by atoms with Crippen molar-refractivity contribution in [3.05, 3.63) is 18.0 Å². The van der Waals surface area contributed by atoms with Crippen LogP contribution in [-0.4, -0.2) is 33.1 Å². The van der Waals surface area contributed by atoms with E-state index in [1.54, 1.807) is 0 Å². The van der Waals surface area contributed by atoms with E-state index in [0.717, 1.165) is 6.42 Å². The topological polar surface area (TPSA) is 83.6 Å². The third-order valence-corrected chi connectivity index (χ3v) is 1.38. The molecule has 0 unspecified atom stereocenters. The first-order chi connectivity index (χ1) is 6.34. The molecule has 0 bridgehead atoms. The molecule has 70 valence electrons. The lowest BCUT2D eigenvalue weighted by atomic mass is 10.4. The number of amides is 1. The molecule has 0 aliphatic heterocycles. The minimum absolute atomic E-state index is 0.0699. The van der Waals surface area contributed by atoms with Gasteiger partial charge in [0, 0.05) is 6.54 Å². The molecular weight excluding hydrogens is 170 g/mol. The van der Waals surface area contributed by atoms with Gasteiger partial charge in [-0.15, -0.1) is 10.2 Å². The van der Waals surface area contributed by atoms with Crippen molar-refractivity contribution in [1.82, 2.24) is 25.9 Å². The molecule has 1 aromatic rings. The van der Waals surface area contributed by atoms with Gasteiger partial charge in [-0.25, -0.2) is 0 Å². The van der Waals surface area contributed by atoms with Crippen LogP contribution in [0.25, 0.3) is 0 Å². The standard InChI is InChI=1S/C7H11N5O/c1-2-3-4-5-8-7(13)6-9-11-12-10-6/h2-3H,4-5H2,1H3,(H,8,13)(H,9,10,11,12)/b3-2+. The number of nitrogens with one attached hydrogen (secondary N) is 2. The molecule has 0 saturated carbocycles. The van der Waals surface area contributed by atoms with Gasteiger partial charge in [0.1, 0.15) is 0 Å². The zero-order chi connectivity index (χ0) is 9.52. The Morgan fingerprint density at radius 3 is 3.15 bits per heavy atom. The fourth-order valence-electron chi connectivity index (χ4n) is 0.773. The van der Waals surface area contributed by atoms with Gasteiger partial charge in [-0.05, 0) is 18.6 Å². The number of hydrogen-bond acceptors (Lipinski definition) is 4. The molecule has 1 rings (SSSR count). The van der Waals surface area contributed by atoms with Crippen molar-refractivity contribution in [1.29, 1.82) is 0 Å². The molecule has 1 amide bonds. The molecular formula is C7H11N5O. The Morgan fingerprint density at radius 2 is 2.54 bits per heavy atom. The van der Waals surface area contributed by atoms with Crippen molar-refractivity contribution in [3.8, 4) is 0 Å². The summed E-state index contributed by atoms with van der Waals surface area (Å²) >= 11 is 0. The van der Waals surface area contributed by atoms with Crippen LogP contribution in [0.4, 0.5) is 0 Å². The molecule has 13 heavy (non-hydrogen) atoms. The first kappa shape index (κ1) is 9.37. The highest BCUT2D eigenvalue weighted by Crippen LogP contribution is 1.84. The number of aromatic amines is 1. The molecule has 1 aromatic heterocycles. The second-order valence-electron chi connectivity index (χ2n) is 2.35. The number of rotatable bonds is 4. The van der Waals surface area contributed by atoms with Gasteiger partial charge in [-0.1, -0.05) is 12.2 Å². The van der Waals surface area contributed by atoms with E-state index >= 15 is 0 Å². The predicted molar refractivity (Wildman–Crippen MR) is 45.9 cm³/mol. The monoisotopic (exact) mass is 181 g/mol. The lowest BCUT2D eigenvalue weighted by molar-refractivity contribution is 0.0944. The van der Waals surface area contributed by atoms with Crippen molar-refractivity contribution < 1.29 is 4.79 Å². The summed E-state index contributed by atoms with van der Waals surface area (Å²) in [6.07, 6.45) is 4.71. The van der Waals surface area contributed by atoms with Gasteiger partial charge in [-0.2, -0.15) is 5.21 Å². The minimum atomic E-state index is -0.307. The smallest absolute Gasteiger partial charge is 0.292 e. The van der Waals surface area contributed by atoms with Gasteiger partial charge in [0.15, 0.2) is 0 Å². The highest BCUT2D eigenvalue weighted by molar-refractivity contribution is 5.89. The van der Waals surface area contributed by atoms with E-state index in [0.29, 0.717) is 6.54 Å². The molecule has 6 heteroatoms. The van der Waals surface area contributed by atoms with E-state index in [9.17, 15) is 4.79 Å². The Balaban J connectivity index is 2.27. The first-order valence-electron chi connectivity index (χ1n) is 3.97. The lowest BCUT2D eigenvalue weighted by Gasteiger charge is -1.97. The number of carbonyl (C=O) groups excluding carboxylic acids is 1. The Morgan fingerprint density at radius 1 is 1.69 bits per heavy atom. The van der Waals surface area contributed by atoms with E-state index < -0.39 is 0 Å². The van der Waals surface area contributed by atoms with Crippen molar-refractivity contribution >= 4 is 5.91 Å². The van der Waals surface area contributed by atoms with Gasteiger partial charge >= 0.3 is 0 Å². The van der Waals surface area contributed by atoms with Gasteiger partial charge < -0.3 is 5.32 Å². The van der Waals surface area contributed by atoms with E-state index in [1.807, 2.05) is 19.1 Å². The molecule has 2 N–H and O–H groups in total. The molecule has 0 saturated heterocycles. The summed E-state index contributed by atoms with van der Waals surface area (Å²) in [6.45, 7) is 2.51. The highest BCUT2D eigenvalue weighted by atomic mass is 16.2. The van der Waals surface area contributed by atoms with Gasteiger partial charge in [0.2, 0.25) is 0 Å². The number of H-pyrrole nitrogens is 1. The summed E-state index contributed by atoms with van der Waals surface area (Å²) in [4.78, 5) is 11.1. The molecule has 0 aromatic carbocycles. The van der Waals surface area contributed by atoms with Gasteiger partial charge in [-0.3, -0.25) is 4.79 Å². The first-order valence-corrected chi connectivity index (χ1v) is 3.97. The van der Waals surface area contributed by atoms with Crippen molar-refractivity contribution in [2.45, 2.75) is 13.3 Å². The van der Waals surface area contributed by atoms with Gasteiger partial charge in [0.25, 0.3) is 11.7 Å². The maximum atomic E-state index is 11.1. The summed E-state index contributed by atoms with van der Waals surface area (Å²) in [5, 5.41) is 15.2. The third-order valence-electron chi connectivity index (χ3n) is 1.38. The number of hydrogen-bond donors (Lipinski definition) is 2. The van der Waals surface area contributed by atoms with E-state index in [1.165, 1.54) is 0 Å². The fraction of sp³-hybridized carbons (Fsp3) is 0.429. The Kier molecular flexibility index (Phi) is 3.62. The summed E-state index contributed by atoms with van der Waals surface area (Å²) in [5.74, 6) is -0.237. The summed E-state index contributed by atoms with van der Waals surface area (Å²) in [7, 11) is 0. The maximum absolute atomic E-state index is 11.1. The molecule has 6 nitrogen and oxygen atoms in total.